The summed E-state index contributed by atoms with van der Waals surface area (Å²) < 4.78 is 0. The number of carbonyl (C=O) groups is 1. The van der Waals surface area contributed by atoms with Gasteiger partial charge in [0.25, 0.3) is 5.91 Å². The number of halogens is 2. The van der Waals surface area contributed by atoms with Gasteiger partial charge in [0.05, 0.1) is 0 Å². The van der Waals surface area contributed by atoms with Crippen LogP contribution in [0.5, 0.6) is 0 Å². The standard InChI is InChI=1S/C23H30ClN5O.HI/c1-3-11-26-22(30)18-7-4-6-17(13-18)15-27-23(25-2)28-20-10-12-29(16-20)21-9-5-8-19(24)14-21;/h4-9,13-14,20H,3,10-12,15-16H2,1-2H3,(H,26,30)(H2,25,27,28);1H. The van der Waals surface area contributed by atoms with Crippen LogP contribution in [0.15, 0.2) is 53.5 Å². The van der Waals surface area contributed by atoms with Gasteiger partial charge in [0, 0.05) is 55.5 Å². The number of nitrogens with one attached hydrogen (secondary N) is 3. The smallest absolute Gasteiger partial charge is 0.251 e. The lowest BCUT2D eigenvalue weighted by atomic mass is 10.1. The molecule has 2 aromatic carbocycles. The van der Waals surface area contributed by atoms with Crippen molar-refractivity contribution in [3.05, 3.63) is 64.7 Å². The summed E-state index contributed by atoms with van der Waals surface area (Å²) in [6.07, 6.45) is 1.95. The largest absolute Gasteiger partial charge is 0.369 e. The van der Waals surface area contributed by atoms with Gasteiger partial charge in [0.1, 0.15) is 0 Å². The molecule has 0 aromatic heterocycles. The fraction of sp³-hybridized carbons (Fsp3) is 0.391. The first-order valence-electron chi connectivity index (χ1n) is 10.4. The van der Waals surface area contributed by atoms with E-state index in [1.165, 1.54) is 0 Å². The molecule has 0 saturated carbocycles. The highest BCUT2D eigenvalue weighted by atomic mass is 127. The molecule has 2 aromatic rings. The Hall–Kier alpha value is -2.00. The third kappa shape index (κ3) is 7.57. The highest BCUT2D eigenvalue weighted by Gasteiger charge is 2.23. The number of carbonyl (C=O) groups excluding carboxylic acids is 1. The highest BCUT2D eigenvalue weighted by Crippen LogP contribution is 2.23. The van der Waals surface area contributed by atoms with Crippen molar-refractivity contribution in [2.24, 2.45) is 4.99 Å². The normalized spacial score (nSPS) is 15.9. The summed E-state index contributed by atoms with van der Waals surface area (Å²) in [5, 5.41) is 10.5. The van der Waals surface area contributed by atoms with Gasteiger partial charge in [0.15, 0.2) is 5.96 Å². The van der Waals surface area contributed by atoms with Gasteiger partial charge in [-0.1, -0.05) is 36.7 Å². The first kappa shape index (κ1) is 25.3. The number of rotatable bonds is 7. The Morgan fingerprint density at radius 3 is 2.74 bits per heavy atom. The molecular weight excluding hydrogens is 525 g/mol. The van der Waals surface area contributed by atoms with E-state index in [4.69, 9.17) is 11.6 Å². The van der Waals surface area contributed by atoms with Crippen molar-refractivity contribution in [2.45, 2.75) is 32.4 Å². The molecule has 1 fully saturated rings. The molecule has 8 heteroatoms. The van der Waals surface area contributed by atoms with Gasteiger partial charge in [-0.15, -0.1) is 24.0 Å². The second kappa shape index (κ2) is 12.8. The molecule has 31 heavy (non-hydrogen) atoms. The van der Waals surface area contributed by atoms with Crippen molar-refractivity contribution < 1.29 is 4.79 Å². The van der Waals surface area contributed by atoms with Crippen LogP contribution in [0.4, 0.5) is 5.69 Å². The average molecular weight is 556 g/mol. The molecule has 6 nitrogen and oxygen atoms in total. The van der Waals surface area contributed by atoms with Gasteiger partial charge in [-0.2, -0.15) is 0 Å². The fourth-order valence-corrected chi connectivity index (χ4v) is 3.71. The molecule has 3 N–H and O–H groups in total. The average Bonchev–Trinajstić information content (AvgIpc) is 3.23. The predicted molar refractivity (Wildman–Crippen MR) is 140 cm³/mol. The van der Waals surface area contributed by atoms with Crippen LogP contribution in [0.2, 0.25) is 5.02 Å². The SMILES string of the molecule is CCCNC(=O)c1cccc(CNC(=NC)NC2CCN(c3cccc(Cl)c3)C2)c1.I. The quantitative estimate of drug-likeness (QED) is 0.274. The summed E-state index contributed by atoms with van der Waals surface area (Å²) in [6, 6.07) is 15.9. The number of nitrogens with zero attached hydrogens (tertiary/aromatic N) is 2. The molecule has 1 amide bonds. The number of benzene rings is 2. The van der Waals surface area contributed by atoms with E-state index in [0.29, 0.717) is 24.7 Å². The van der Waals surface area contributed by atoms with Gasteiger partial charge in [0.2, 0.25) is 0 Å². The lowest BCUT2D eigenvalue weighted by Crippen LogP contribution is -2.44. The second-order valence-electron chi connectivity index (χ2n) is 7.44. The van der Waals surface area contributed by atoms with Crippen molar-refractivity contribution in [3.63, 3.8) is 0 Å². The van der Waals surface area contributed by atoms with Crippen LogP contribution in [-0.4, -0.2) is 44.6 Å². The van der Waals surface area contributed by atoms with E-state index in [1.54, 1.807) is 7.05 Å². The minimum atomic E-state index is -0.0340. The van der Waals surface area contributed by atoms with E-state index in [0.717, 1.165) is 48.2 Å². The zero-order valence-corrected chi connectivity index (χ0v) is 21.1. The third-order valence-corrected chi connectivity index (χ3v) is 5.35. The first-order chi connectivity index (χ1) is 14.6. The number of hydrogen-bond donors (Lipinski definition) is 3. The Labute approximate surface area is 206 Å². The van der Waals surface area contributed by atoms with Crippen LogP contribution in [0.25, 0.3) is 0 Å². The van der Waals surface area contributed by atoms with E-state index in [2.05, 4.69) is 31.9 Å². The molecule has 1 unspecified atom stereocenters. The number of amides is 1. The third-order valence-electron chi connectivity index (χ3n) is 5.11. The van der Waals surface area contributed by atoms with Crippen molar-refractivity contribution in [3.8, 4) is 0 Å². The van der Waals surface area contributed by atoms with Gasteiger partial charge >= 0.3 is 0 Å². The lowest BCUT2D eigenvalue weighted by Gasteiger charge is -2.20. The summed E-state index contributed by atoms with van der Waals surface area (Å²) in [4.78, 5) is 18.8. The van der Waals surface area contributed by atoms with Crippen LogP contribution >= 0.6 is 35.6 Å². The lowest BCUT2D eigenvalue weighted by molar-refractivity contribution is 0.0953. The monoisotopic (exact) mass is 555 g/mol. The summed E-state index contributed by atoms with van der Waals surface area (Å²) in [7, 11) is 1.77. The molecule has 168 valence electrons. The summed E-state index contributed by atoms with van der Waals surface area (Å²) in [6.45, 7) is 5.20. The summed E-state index contributed by atoms with van der Waals surface area (Å²) in [5.74, 6) is 0.724. The molecule has 1 atom stereocenters. The van der Waals surface area contributed by atoms with Crippen molar-refractivity contribution in [1.82, 2.24) is 16.0 Å². The van der Waals surface area contributed by atoms with Crippen LogP contribution in [0, 0.1) is 0 Å². The molecule has 0 radical (unpaired) electrons. The number of anilines is 1. The van der Waals surface area contributed by atoms with E-state index < -0.39 is 0 Å². The zero-order chi connectivity index (χ0) is 21.3. The minimum absolute atomic E-state index is 0. The topological polar surface area (TPSA) is 68.8 Å². The van der Waals surface area contributed by atoms with Gasteiger partial charge in [-0.05, 0) is 48.7 Å². The van der Waals surface area contributed by atoms with Crippen molar-refractivity contribution in [2.75, 3.05) is 31.6 Å². The van der Waals surface area contributed by atoms with Crippen LogP contribution in [0.1, 0.15) is 35.7 Å². The molecule has 1 saturated heterocycles. The molecule has 1 heterocycles. The number of aliphatic imine (C=N–C) groups is 1. The number of hydrogen-bond acceptors (Lipinski definition) is 3. The zero-order valence-electron chi connectivity index (χ0n) is 18.0. The van der Waals surface area contributed by atoms with Gasteiger partial charge in [-0.3, -0.25) is 9.79 Å². The number of guanidine groups is 1. The molecule has 3 rings (SSSR count). The minimum Gasteiger partial charge on any atom is -0.369 e. The van der Waals surface area contributed by atoms with Crippen molar-refractivity contribution in [1.29, 1.82) is 0 Å². The molecule has 0 aliphatic carbocycles. The van der Waals surface area contributed by atoms with Gasteiger partial charge < -0.3 is 20.9 Å². The fourth-order valence-electron chi connectivity index (χ4n) is 3.52. The maximum absolute atomic E-state index is 12.2. The highest BCUT2D eigenvalue weighted by molar-refractivity contribution is 14.0. The Morgan fingerprint density at radius 2 is 2.00 bits per heavy atom. The van der Waals surface area contributed by atoms with E-state index >= 15 is 0 Å². The van der Waals surface area contributed by atoms with E-state index in [-0.39, 0.29) is 29.9 Å². The molecule has 0 bridgehead atoms. The Balaban J connectivity index is 0.00000341. The predicted octanol–water partition coefficient (Wildman–Crippen LogP) is 4.04. The maximum atomic E-state index is 12.2. The molecular formula is C23H31ClIN5O. The Morgan fingerprint density at radius 1 is 1.19 bits per heavy atom. The van der Waals surface area contributed by atoms with Crippen molar-refractivity contribution >= 4 is 53.1 Å². The first-order valence-corrected chi connectivity index (χ1v) is 10.8. The maximum Gasteiger partial charge on any atom is 0.251 e. The van der Waals surface area contributed by atoms with E-state index in [9.17, 15) is 4.79 Å². The van der Waals surface area contributed by atoms with Gasteiger partial charge in [-0.25, -0.2) is 0 Å². The Bertz CT molecular complexity index is 892. The van der Waals surface area contributed by atoms with Crippen LogP contribution in [0.3, 0.4) is 0 Å². The molecule has 1 aliphatic heterocycles. The molecule has 1 aliphatic rings. The van der Waals surface area contributed by atoms with E-state index in [1.807, 2.05) is 49.4 Å². The molecule has 0 spiro atoms. The Kier molecular flexibility index (Phi) is 10.4. The van der Waals surface area contributed by atoms with Crippen LogP contribution in [-0.2, 0) is 6.54 Å². The second-order valence-corrected chi connectivity index (χ2v) is 7.87. The summed E-state index contributed by atoms with van der Waals surface area (Å²) >= 11 is 6.13. The summed E-state index contributed by atoms with van der Waals surface area (Å²) in [5.41, 5.74) is 2.86. The van der Waals surface area contributed by atoms with Crippen LogP contribution < -0.4 is 20.9 Å².